The highest BCUT2D eigenvalue weighted by atomic mass is 32.2. The summed E-state index contributed by atoms with van der Waals surface area (Å²) < 4.78 is 26.9. The molecule has 20 heavy (non-hydrogen) atoms. The molecule has 0 unspecified atom stereocenters. The number of aromatic nitrogens is 1. The van der Waals surface area contributed by atoms with E-state index in [-0.39, 0.29) is 5.03 Å². The Morgan fingerprint density at radius 1 is 1.40 bits per heavy atom. The van der Waals surface area contributed by atoms with Gasteiger partial charge in [-0.2, -0.15) is 0 Å². The number of hydrogen-bond donors (Lipinski definition) is 2. The third kappa shape index (κ3) is 4.73. The molecule has 0 bridgehead atoms. The molecular weight excluding hydrogens is 276 g/mol. The highest BCUT2D eigenvalue weighted by Gasteiger charge is 2.18. The van der Waals surface area contributed by atoms with Crippen LogP contribution in [0.5, 0.6) is 0 Å². The van der Waals surface area contributed by atoms with Crippen molar-refractivity contribution in [3.63, 3.8) is 0 Å². The van der Waals surface area contributed by atoms with Crippen LogP contribution < -0.4 is 10.0 Å². The van der Waals surface area contributed by atoms with E-state index >= 15 is 0 Å². The van der Waals surface area contributed by atoms with Crippen LogP contribution in [0.3, 0.4) is 0 Å². The molecule has 7 heteroatoms. The molecule has 0 aliphatic heterocycles. The van der Waals surface area contributed by atoms with Gasteiger partial charge in [-0.05, 0) is 46.0 Å². The molecule has 0 fully saturated rings. The van der Waals surface area contributed by atoms with Crippen LogP contribution in [-0.4, -0.2) is 51.5 Å². The summed E-state index contributed by atoms with van der Waals surface area (Å²) in [6, 6.07) is 3.84. The molecule has 1 heterocycles. The fourth-order valence-electron chi connectivity index (χ4n) is 1.66. The van der Waals surface area contributed by atoms with Crippen molar-refractivity contribution >= 4 is 15.7 Å². The summed E-state index contributed by atoms with van der Waals surface area (Å²) in [7, 11) is 0.136. The molecule has 0 spiro atoms. The molecule has 0 aliphatic carbocycles. The van der Waals surface area contributed by atoms with Gasteiger partial charge in [-0.1, -0.05) is 0 Å². The van der Waals surface area contributed by atoms with Gasteiger partial charge in [-0.25, -0.2) is 18.1 Å². The van der Waals surface area contributed by atoms with Crippen molar-refractivity contribution in [2.75, 3.05) is 32.5 Å². The summed E-state index contributed by atoms with van der Waals surface area (Å²) >= 11 is 0. The Labute approximate surface area is 121 Å². The fourth-order valence-corrected chi connectivity index (χ4v) is 2.87. The Bertz CT molecular complexity index is 517. The number of nitrogens with zero attached hydrogens (tertiary/aromatic N) is 2. The molecule has 0 aliphatic rings. The quantitative estimate of drug-likeness (QED) is 0.704. The van der Waals surface area contributed by atoms with E-state index in [0.29, 0.717) is 18.3 Å². The van der Waals surface area contributed by atoms with Crippen molar-refractivity contribution in [2.45, 2.75) is 31.3 Å². The Hall–Kier alpha value is -1.18. The van der Waals surface area contributed by atoms with Gasteiger partial charge in [0.2, 0.25) is 0 Å². The molecular formula is C13H24N4O2S. The van der Waals surface area contributed by atoms with Crippen LogP contribution in [0.1, 0.15) is 20.3 Å². The molecule has 6 nitrogen and oxygen atoms in total. The predicted octanol–water partition coefficient (Wildman–Crippen LogP) is 1.13. The normalized spacial score (nSPS) is 12.1. The summed E-state index contributed by atoms with van der Waals surface area (Å²) in [4.78, 5) is 6.11. The van der Waals surface area contributed by atoms with Crippen LogP contribution in [0.25, 0.3) is 0 Å². The van der Waals surface area contributed by atoms with E-state index in [1.165, 1.54) is 6.20 Å². The van der Waals surface area contributed by atoms with Crippen molar-refractivity contribution in [1.82, 2.24) is 14.6 Å². The summed E-state index contributed by atoms with van der Waals surface area (Å²) in [5.41, 5.74) is 0.499. The van der Waals surface area contributed by atoms with Crippen LogP contribution in [0.4, 0.5) is 5.69 Å². The van der Waals surface area contributed by atoms with Gasteiger partial charge in [0.1, 0.15) is 0 Å². The summed E-state index contributed by atoms with van der Waals surface area (Å²) in [6.07, 6.45) is 2.23. The number of hydrogen-bond acceptors (Lipinski definition) is 5. The molecule has 114 valence electrons. The zero-order valence-corrected chi connectivity index (χ0v) is 13.4. The van der Waals surface area contributed by atoms with Crippen LogP contribution in [-0.2, 0) is 10.0 Å². The van der Waals surface area contributed by atoms with Gasteiger partial charge < -0.3 is 10.2 Å². The smallest absolute Gasteiger partial charge is 0.260 e. The Kier molecular flexibility index (Phi) is 6.38. The zero-order chi connectivity index (χ0) is 15.2. The maximum Gasteiger partial charge on any atom is 0.260 e. The fraction of sp³-hybridized carbons (Fsp3) is 0.615. The maximum atomic E-state index is 12.2. The Morgan fingerprint density at radius 3 is 2.70 bits per heavy atom. The monoisotopic (exact) mass is 300 g/mol. The van der Waals surface area contributed by atoms with Gasteiger partial charge >= 0.3 is 0 Å². The summed E-state index contributed by atoms with van der Waals surface area (Å²) in [5, 5.41) is 2.88. The van der Waals surface area contributed by atoms with Gasteiger partial charge in [-0.3, -0.25) is 0 Å². The lowest BCUT2D eigenvalue weighted by Crippen LogP contribution is -2.31. The molecule has 0 aromatic carbocycles. The lowest BCUT2D eigenvalue weighted by molar-refractivity contribution is 0.271. The first kappa shape index (κ1) is 16.9. The van der Waals surface area contributed by atoms with E-state index in [2.05, 4.69) is 33.8 Å². The first-order valence-corrected chi connectivity index (χ1v) is 8.19. The lowest BCUT2D eigenvalue weighted by atomic mass is 10.3. The summed E-state index contributed by atoms with van der Waals surface area (Å²) in [5.74, 6) is 0. The second-order valence-corrected chi connectivity index (χ2v) is 6.61. The van der Waals surface area contributed by atoms with Crippen LogP contribution in [0.2, 0.25) is 0 Å². The summed E-state index contributed by atoms with van der Waals surface area (Å²) in [6.45, 7) is 5.47. The topological polar surface area (TPSA) is 74.3 Å². The first-order chi connectivity index (χ1) is 9.38. The Morgan fingerprint density at radius 2 is 2.10 bits per heavy atom. The molecule has 0 amide bonds. The van der Waals surface area contributed by atoms with E-state index < -0.39 is 10.0 Å². The minimum Gasteiger partial charge on any atom is -0.386 e. The van der Waals surface area contributed by atoms with Gasteiger partial charge in [0, 0.05) is 25.8 Å². The third-order valence-corrected chi connectivity index (χ3v) is 4.57. The number of sulfonamides is 1. The third-order valence-electron chi connectivity index (χ3n) is 3.16. The van der Waals surface area contributed by atoms with Gasteiger partial charge in [-0.15, -0.1) is 0 Å². The molecule has 0 saturated heterocycles. The van der Waals surface area contributed by atoms with Crippen molar-refractivity contribution < 1.29 is 8.42 Å². The zero-order valence-electron chi connectivity index (χ0n) is 12.5. The molecule has 0 saturated carbocycles. The molecule has 0 radical (unpaired) electrons. The molecule has 1 aromatic heterocycles. The molecule has 2 N–H and O–H groups in total. The van der Waals surface area contributed by atoms with Gasteiger partial charge in [0.05, 0.1) is 5.69 Å². The minimum absolute atomic E-state index is 0.0414. The number of nitrogens with one attached hydrogen (secondary N) is 2. The molecule has 0 atom stereocenters. The second-order valence-electron chi connectivity index (χ2n) is 4.93. The van der Waals surface area contributed by atoms with E-state index in [1.54, 1.807) is 19.2 Å². The number of pyridine rings is 1. The van der Waals surface area contributed by atoms with Crippen LogP contribution in [0.15, 0.2) is 23.4 Å². The highest BCUT2D eigenvalue weighted by Crippen LogP contribution is 2.16. The van der Waals surface area contributed by atoms with Crippen LogP contribution in [0, 0.1) is 0 Å². The first-order valence-electron chi connectivity index (χ1n) is 6.71. The van der Waals surface area contributed by atoms with E-state index in [4.69, 9.17) is 0 Å². The number of rotatable bonds is 8. The minimum atomic E-state index is -3.56. The number of anilines is 1. The van der Waals surface area contributed by atoms with Crippen LogP contribution >= 0.6 is 0 Å². The van der Waals surface area contributed by atoms with Crippen molar-refractivity contribution in [3.8, 4) is 0 Å². The van der Waals surface area contributed by atoms with Crippen molar-refractivity contribution in [2.24, 2.45) is 0 Å². The second kappa shape index (κ2) is 7.56. The lowest BCUT2D eigenvalue weighted by Gasteiger charge is -2.20. The maximum absolute atomic E-state index is 12.2. The van der Waals surface area contributed by atoms with Gasteiger partial charge in [0.15, 0.2) is 5.03 Å². The largest absolute Gasteiger partial charge is 0.386 e. The van der Waals surface area contributed by atoms with Gasteiger partial charge in [0.25, 0.3) is 10.0 Å². The van der Waals surface area contributed by atoms with E-state index in [1.807, 2.05) is 7.05 Å². The molecule has 1 rings (SSSR count). The molecule has 1 aromatic rings. The van der Waals surface area contributed by atoms with E-state index in [0.717, 1.165) is 13.0 Å². The van der Waals surface area contributed by atoms with Crippen molar-refractivity contribution in [3.05, 3.63) is 18.3 Å². The van der Waals surface area contributed by atoms with E-state index in [9.17, 15) is 8.42 Å². The average Bonchev–Trinajstić information content (AvgIpc) is 2.43. The Balaban J connectivity index is 2.58. The average molecular weight is 300 g/mol. The SMILES string of the molecule is CNc1cccnc1S(=O)(=O)NCCCN(C)C(C)C. The van der Waals surface area contributed by atoms with Crippen molar-refractivity contribution in [1.29, 1.82) is 0 Å². The standard InChI is InChI=1S/C13H24N4O2S/c1-11(2)17(4)10-6-9-16-20(18,19)13-12(14-3)7-5-8-15-13/h5,7-8,11,14,16H,6,9-10H2,1-4H3. The highest BCUT2D eigenvalue weighted by molar-refractivity contribution is 7.89. The predicted molar refractivity (Wildman–Crippen MR) is 81.4 cm³/mol.